The Morgan fingerprint density at radius 2 is 1.96 bits per heavy atom. The van der Waals surface area contributed by atoms with Crippen LogP contribution in [0.15, 0.2) is 53.7 Å². The number of H-pyrrole nitrogens is 1. The van der Waals surface area contributed by atoms with Gasteiger partial charge in [-0.05, 0) is 30.3 Å². The smallest absolute Gasteiger partial charge is 0.233 e. The van der Waals surface area contributed by atoms with E-state index in [9.17, 15) is 9.18 Å². The second-order valence-electron chi connectivity index (χ2n) is 5.60. The maximum Gasteiger partial charge on any atom is 0.233 e. The molecule has 1 amide bonds. The second kappa shape index (κ2) is 8.33. The van der Waals surface area contributed by atoms with Gasteiger partial charge in [-0.15, -0.1) is 5.10 Å². The summed E-state index contributed by atoms with van der Waals surface area (Å²) in [6, 6.07) is 13.6. The molecule has 0 saturated heterocycles. The molecule has 0 unspecified atom stereocenters. The van der Waals surface area contributed by atoms with Crippen molar-refractivity contribution in [1.82, 2.24) is 20.1 Å². The predicted octanol–water partition coefficient (Wildman–Crippen LogP) is 4.01. The number of benzene rings is 2. The zero-order chi connectivity index (χ0) is 18.5. The quantitative estimate of drug-likeness (QED) is 0.646. The van der Waals surface area contributed by atoms with Gasteiger partial charge in [0.2, 0.25) is 11.1 Å². The Hall–Kier alpha value is -2.38. The SMILES string of the molecule is CN(Cc1ccccc1F)C(=O)CSc1n[nH]c(-c2ccc(Cl)cc2)n1. The topological polar surface area (TPSA) is 61.9 Å². The number of rotatable bonds is 6. The molecule has 3 rings (SSSR count). The van der Waals surface area contributed by atoms with E-state index in [1.165, 1.54) is 22.7 Å². The number of hydrogen-bond acceptors (Lipinski definition) is 4. The van der Waals surface area contributed by atoms with Crippen molar-refractivity contribution in [2.24, 2.45) is 0 Å². The van der Waals surface area contributed by atoms with Crippen LogP contribution in [0.2, 0.25) is 5.02 Å². The Morgan fingerprint density at radius 1 is 1.23 bits per heavy atom. The molecule has 0 radical (unpaired) electrons. The minimum absolute atomic E-state index is 0.129. The van der Waals surface area contributed by atoms with Gasteiger partial charge in [-0.1, -0.05) is 41.6 Å². The van der Waals surface area contributed by atoms with E-state index in [4.69, 9.17) is 11.6 Å². The number of hydrogen-bond donors (Lipinski definition) is 1. The molecule has 26 heavy (non-hydrogen) atoms. The lowest BCUT2D eigenvalue weighted by atomic mass is 10.2. The molecule has 1 N–H and O–H groups in total. The summed E-state index contributed by atoms with van der Waals surface area (Å²) in [5.74, 6) is 0.330. The van der Waals surface area contributed by atoms with E-state index in [0.717, 1.165) is 5.56 Å². The van der Waals surface area contributed by atoms with Crippen LogP contribution in [0.3, 0.4) is 0 Å². The van der Waals surface area contributed by atoms with Gasteiger partial charge in [-0.3, -0.25) is 9.89 Å². The zero-order valence-corrected chi connectivity index (χ0v) is 15.5. The second-order valence-corrected chi connectivity index (χ2v) is 6.98. The fraction of sp³-hybridized carbons (Fsp3) is 0.167. The lowest BCUT2D eigenvalue weighted by Gasteiger charge is -2.17. The highest BCUT2D eigenvalue weighted by Gasteiger charge is 2.14. The first-order valence-electron chi connectivity index (χ1n) is 7.81. The maximum absolute atomic E-state index is 13.7. The van der Waals surface area contributed by atoms with E-state index < -0.39 is 0 Å². The van der Waals surface area contributed by atoms with E-state index in [1.54, 1.807) is 37.4 Å². The molecule has 0 atom stereocenters. The Bertz CT molecular complexity index is 900. The lowest BCUT2D eigenvalue weighted by molar-refractivity contribution is -0.127. The molecular formula is C18H16ClFN4OS. The van der Waals surface area contributed by atoms with Gasteiger partial charge >= 0.3 is 0 Å². The van der Waals surface area contributed by atoms with Gasteiger partial charge in [0.15, 0.2) is 5.82 Å². The van der Waals surface area contributed by atoms with Crippen molar-refractivity contribution >= 4 is 29.3 Å². The predicted molar refractivity (Wildman–Crippen MR) is 100 cm³/mol. The number of thioether (sulfide) groups is 1. The molecule has 0 aliphatic rings. The van der Waals surface area contributed by atoms with Crippen LogP contribution in [0, 0.1) is 5.82 Å². The minimum Gasteiger partial charge on any atom is -0.341 e. The third kappa shape index (κ3) is 4.62. The summed E-state index contributed by atoms with van der Waals surface area (Å²) in [4.78, 5) is 18.1. The van der Waals surface area contributed by atoms with Crippen molar-refractivity contribution in [2.75, 3.05) is 12.8 Å². The van der Waals surface area contributed by atoms with Crippen LogP contribution < -0.4 is 0 Å². The molecule has 0 aliphatic heterocycles. The molecule has 0 bridgehead atoms. The zero-order valence-electron chi connectivity index (χ0n) is 13.9. The first kappa shape index (κ1) is 18.4. The highest BCUT2D eigenvalue weighted by molar-refractivity contribution is 7.99. The van der Waals surface area contributed by atoms with Gasteiger partial charge < -0.3 is 4.90 Å². The first-order valence-corrected chi connectivity index (χ1v) is 9.18. The highest BCUT2D eigenvalue weighted by atomic mass is 35.5. The van der Waals surface area contributed by atoms with E-state index in [1.807, 2.05) is 12.1 Å². The van der Waals surface area contributed by atoms with Crippen LogP contribution in [0.4, 0.5) is 4.39 Å². The van der Waals surface area contributed by atoms with E-state index >= 15 is 0 Å². The number of carbonyl (C=O) groups excluding carboxylic acids is 1. The maximum atomic E-state index is 13.7. The van der Waals surface area contributed by atoms with Gasteiger partial charge in [0.25, 0.3) is 0 Å². The third-order valence-electron chi connectivity index (χ3n) is 3.70. The van der Waals surface area contributed by atoms with E-state index in [2.05, 4.69) is 15.2 Å². The molecule has 0 aliphatic carbocycles. The van der Waals surface area contributed by atoms with Crippen LogP contribution in [-0.2, 0) is 11.3 Å². The van der Waals surface area contributed by atoms with Gasteiger partial charge in [0.05, 0.1) is 5.75 Å². The van der Waals surface area contributed by atoms with E-state index in [-0.39, 0.29) is 24.0 Å². The van der Waals surface area contributed by atoms with Crippen LogP contribution in [-0.4, -0.2) is 38.8 Å². The number of nitrogens with one attached hydrogen (secondary N) is 1. The highest BCUT2D eigenvalue weighted by Crippen LogP contribution is 2.21. The summed E-state index contributed by atoms with van der Waals surface area (Å²) < 4.78 is 13.7. The molecule has 0 spiro atoms. The van der Waals surface area contributed by atoms with Crippen LogP contribution in [0.1, 0.15) is 5.56 Å². The van der Waals surface area contributed by atoms with Gasteiger partial charge in [-0.25, -0.2) is 9.37 Å². The fourth-order valence-corrected chi connectivity index (χ4v) is 3.12. The molecule has 1 aromatic heterocycles. The standard InChI is InChI=1S/C18H16ClFN4OS/c1-24(10-13-4-2-3-5-15(13)20)16(25)11-26-18-21-17(22-23-18)12-6-8-14(19)9-7-12/h2-9H,10-11H2,1H3,(H,21,22,23). The number of halogens is 2. The number of aromatic nitrogens is 3. The summed E-state index contributed by atoms with van der Waals surface area (Å²) >= 11 is 7.10. The average Bonchev–Trinajstić information content (AvgIpc) is 3.11. The Kier molecular flexibility index (Phi) is 5.90. The summed E-state index contributed by atoms with van der Waals surface area (Å²) in [6.45, 7) is 0.218. The normalized spacial score (nSPS) is 10.7. The molecule has 134 valence electrons. The summed E-state index contributed by atoms with van der Waals surface area (Å²) in [5.41, 5.74) is 1.34. The Balaban J connectivity index is 1.56. The molecule has 1 heterocycles. The number of carbonyl (C=O) groups is 1. The number of amides is 1. The summed E-state index contributed by atoms with van der Waals surface area (Å²) in [7, 11) is 1.65. The van der Waals surface area contributed by atoms with Crippen LogP contribution >= 0.6 is 23.4 Å². The van der Waals surface area contributed by atoms with Crippen LogP contribution in [0.5, 0.6) is 0 Å². The largest absolute Gasteiger partial charge is 0.341 e. The van der Waals surface area contributed by atoms with Gasteiger partial charge in [-0.2, -0.15) is 0 Å². The molecular weight excluding hydrogens is 375 g/mol. The molecule has 0 saturated carbocycles. The third-order valence-corrected chi connectivity index (χ3v) is 4.78. The monoisotopic (exact) mass is 390 g/mol. The average molecular weight is 391 g/mol. The Labute approximate surface area is 159 Å². The molecule has 8 heteroatoms. The fourth-order valence-electron chi connectivity index (χ4n) is 2.25. The van der Waals surface area contributed by atoms with E-state index in [0.29, 0.717) is 21.6 Å². The van der Waals surface area contributed by atoms with Crippen LogP contribution in [0.25, 0.3) is 11.4 Å². The lowest BCUT2D eigenvalue weighted by Crippen LogP contribution is -2.28. The van der Waals surface area contributed by atoms with Crippen molar-refractivity contribution < 1.29 is 9.18 Å². The van der Waals surface area contributed by atoms with Crippen molar-refractivity contribution in [3.8, 4) is 11.4 Å². The number of aromatic amines is 1. The summed E-state index contributed by atoms with van der Waals surface area (Å²) in [6.07, 6.45) is 0. The molecule has 3 aromatic rings. The van der Waals surface area contributed by atoms with Crippen molar-refractivity contribution in [2.45, 2.75) is 11.7 Å². The Morgan fingerprint density at radius 3 is 2.69 bits per heavy atom. The molecule has 0 fully saturated rings. The molecule has 2 aromatic carbocycles. The minimum atomic E-state index is -0.318. The first-order chi connectivity index (χ1) is 12.5. The number of nitrogens with zero attached hydrogens (tertiary/aromatic N) is 3. The molecule has 5 nitrogen and oxygen atoms in total. The van der Waals surface area contributed by atoms with Crippen molar-refractivity contribution in [1.29, 1.82) is 0 Å². The van der Waals surface area contributed by atoms with Gasteiger partial charge in [0, 0.05) is 29.7 Å². The van der Waals surface area contributed by atoms with Crippen molar-refractivity contribution in [3.05, 3.63) is 64.9 Å². The van der Waals surface area contributed by atoms with Gasteiger partial charge in [0.1, 0.15) is 5.82 Å². The summed E-state index contributed by atoms with van der Waals surface area (Å²) in [5, 5.41) is 8.07. The van der Waals surface area contributed by atoms with Crippen molar-refractivity contribution in [3.63, 3.8) is 0 Å².